The maximum absolute atomic E-state index is 11.6. The highest BCUT2D eigenvalue weighted by atomic mass is 16.1. The first kappa shape index (κ1) is 14.8. The Hall–Kier alpha value is -1.81. The third-order valence-electron chi connectivity index (χ3n) is 5.79. The number of carbonyl (C=O) groups excluding carboxylic acids is 1. The van der Waals surface area contributed by atoms with Crippen molar-refractivity contribution in [2.24, 2.45) is 23.5 Å². The van der Waals surface area contributed by atoms with Crippen molar-refractivity contribution in [3.63, 3.8) is 0 Å². The smallest absolute Gasteiger partial charge is 0.250 e. The van der Waals surface area contributed by atoms with Crippen LogP contribution in [0.5, 0.6) is 0 Å². The molecule has 2 bridgehead atoms. The molecule has 2 N–H and O–H groups in total. The van der Waals surface area contributed by atoms with Crippen molar-refractivity contribution in [3.8, 4) is 0 Å². The van der Waals surface area contributed by atoms with Crippen LogP contribution in [0.1, 0.15) is 23.2 Å². The van der Waals surface area contributed by atoms with E-state index in [4.69, 9.17) is 5.73 Å². The van der Waals surface area contributed by atoms with Gasteiger partial charge >= 0.3 is 0 Å². The molecule has 0 radical (unpaired) electrons. The van der Waals surface area contributed by atoms with Gasteiger partial charge in [0.2, 0.25) is 0 Å². The van der Waals surface area contributed by atoms with Gasteiger partial charge in [0.15, 0.2) is 0 Å². The fraction of sp³-hybridized carbons (Fsp3) is 0.526. The van der Waals surface area contributed by atoms with Gasteiger partial charge in [-0.1, -0.05) is 24.3 Å². The topological polar surface area (TPSA) is 49.6 Å². The van der Waals surface area contributed by atoms with Crippen LogP contribution in [-0.4, -0.2) is 43.5 Å². The molecule has 3 aliphatic rings. The van der Waals surface area contributed by atoms with Gasteiger partial charge in [-0.3, -0.25) is 9.69 Å². The van der Waals surface area contributed by atoms with Gasteiger partial charge in [-0.25, -0.2) is 0 Å². The fourth-order valence-electron chi connectivity index (χ4n) is 4.57. The summed E-state index contributed by atoms with van der Waals surface area (Å²) in [6.07, 6.45) is 7.63. The first-order chi connectivity index (χ1) is 11.2. The molecule has 1 saturated heterocycles. The van der Waals surface area contributed by atoms with Crippen LogP contribution < -0.4 is 10.6 Å². The van der Waals surface area contributed by atoms with Crippen molar-refractivity contribution in [1.82, 2.24) is 4.90 Å². The van der Waals surface area contributed by atoms with Gasteiger partial charge in [-0.05, 0) is 42.7 Å². The molecule has 3 unspecified atom stereocenters. The van der Waals surface area contributed by atoms with Crippen LogP contribution in [0.3, 0.4) is 0 Å². The minimum absolute atomic E-state index is 0.336. The van der Waals surface area contributed by atoms with Crippen LogP contribution in [-0.2, 0) is 0 Å². The molecule has 1 amide bonds. The number of primary amides is 1. The Kier molecular flexibility index (Phi) is 3.85. The molecule has 3 atom stereocenters. The summed E-state index contributed by atoms with van der Waals surface area (Å²) >= 11 is 0. The van der Waals surface area contributed by atoms with E-state index >= 15 is 0 Å². The number of fused-ring (bicyclic) bond motifs is 2. The average Bonchev–Trinajstić information content (AvgIpc) is 3.18. The number of nitrogens with zero attached hydrogens (tertiary/aromatic N) is 2. The molecule has 1 heterocycles. The first-order valence-corrected chi connectivity index (χ1v) is 8.75. The fourth-order valence-corrected chi connectivity index (χ4v) is 4.57. The lowest BCUT2D eigenvalue weighted by Crippen LogP contribution is -2.48. The molecule has 2 fully saturated rings. The van der Waals surface area contributed by atoms with Gasteiger partial charge < -0.3 is 10.6 Å². The van der Waals surface area contributed by atoms with E-state index in [-0.39, 0.29) is 5.91 Å². The zero-order valence-corrected chi connectivity index (χ0v) is 13.5. The minimum atomic E-state index is -0.336. The predicted octanol–water partition coefficient (Wildman–Crippen LogP) is 2.12. The summed E-state index contributed by atoms with van der Waals surface area (Å²) < 4.78 is 0. The predicted molar refractivity (Wildman–Crippen MR) is 92.5 cm³/mol. The summed E-state index contributed by atoms with van der Waals surface area (Å²) in [6, 6.07) is 7.69. The molecular weight excluding hydrogens is 286 g/mol. The Balaban J connectivity index is 1.36. The lowest BCUT2D eigenvalue weighted by molar-refractivity contribution is 0.100. The first-order valence-electron chi connectivity index (χ1n) is 8.75. The third-order valence-corrected chi connectivity index (χ3v) is 5.79. The highest BCUT2D eigenvalue weighted by Gasteiger charge is 2.36. The van der Waals surface area contributed by atoms with Crippen LogP contribution in [0.25, 0.3) is 0 Å². The second-order valence-electron chi connectivity index (χ2n) is 7.21. The van der Waals surface area contributed by atoms with Crippen molar-refractivity contribution in [2.45, 2.75) is 12.8 Å². The van der Waals surface area contributed by atoms with E-state index in [0.29, 0.717) is 5.56 Å². The number of para-hydroxylation sites is 1. The highest BCUT2D eigenvalue weighted by Crippen LogP contribution is 2.43. The zero-order valence-electron chi connectivity index (χ0n) is 13.5. The number of benzene rings is 1. The number of carbonyl (C=O) groups is 1. The lowest BCUT2D eigenvalue weighted by atomic mass is 9.93. The molecule has 23 heavy (non-hydrogen) atoms. The maximum Gasteiger partial charge on any atom is 0.250 e. The van der Waals surface area contributed by atoms with E-state index in [1.165, 1.54) is 19.4 Å². The summed E-state index contributed by atoms with van der Waals surface area (Å²) in [5.41, 5.74) is 7.14. The normalized spacial score (nSPS) is 30.1. The molecule has 2 aliphatic carbocycles. The number of piperazine rings is 1. The van der Waals surface area contributed by atoms with Crippen LogP contribution in [0.15, 0.2) is 36.4 Å². The van der Waals surface area contributed by atoms with Gasteiger partial charge in [0.25, 0.3) is 5.91 Å². The Bertz CT molecular complexity index is 619. The summed E-state index contributed by atoms with van der Waals surface area (Å²) in [4.78, 5) is 16.5. The Morgan fingerprint density at radius 3 is 2.52 bits per heavy atom. The van der Waals surface area contributed by atoms with Crippen molar-refractivity contribution in [1.29, 1.82) is 0 Å². The number of allylic oxidation sites excluding steroid dienone is 2. The van der Waals surface area contributed by atoms with Gasteiger partial charge in [0.05, 0.1) is 5.56 Å². The summed E-state index contributed by atoms with van der Waals surface area (Å²) in [5.74, 6) is 2.20. The molecule has 4 rings (SSSR count). The molecule has 1 aliphatic heterocycles. The molecule has 4 heteroatoms. The molecule has 0 aromatic heterocycles. The SMILES string of the molecule is NC(=O)c1ccccc1N1CCN(CC2CC3C=CC2C3)CC1. The van der Waals surface area contributed by atoms with Gasteiger partial charge in [0, 0.05) is 38.4 Å². The largest absolute Gasteiger partial charge is 0.368 e. The zero-order chi connectivity index (χ0) is 15.8. The van der Waals surface area contributed by atoms with E-state index in [1.54, 1.807) is 0 Å². The van der Waals surface area contributed by atoms with E-state index in [9.17, 15) is 4.79 Å². The summed E-state index contributed by atoms with van der Waals surface area (Å²) in [6.45, 7) is 5.33. The highest BCUT2D eigenvalue weighted by molar-refractivity contribution is 5.98. The molecule has 1 saturated carbocycles. The number of hydrogen-bond acceptors (Lipinski definition) is 3. The molecule has 0 spiro atoms. The number of hydrogen-bond donors (Lipinski definition) is 1. The second-order valence-corrected chi connectivity index (χ2v) is 7.21. The van der Waals surface area contributed by atoms with Crippen LogP contribution >= 0.6 is 0 Å². The number of nitrogens with two attached hydrogens (primary N) is 1. The Morgan fingerprint density at radius 1 is 1.09 bits per heavy atom. The van der Waals surface area contributed by atoms with Gasteiger partial charge in [-0.15, -0.1) is 0 Å². The summed E-state index contributed by atoms with van der Waals surface area (Å²) in [5, 5.41) is 0. The van der Waals surface area contributed by atoms with E-state index < -0.39 is 0 Å². The minimum Gasteiger partial charge on any atom is -0.368 e. The molecule has 122 valence electrons. The van der Waals surface area contributed by atoms with Crippen LogP contribution in [0, 0.1) is 17.8 Å². The third kappa shape index (κ3) is 2.88. The number of amides is 1. The van der Waals surface area contributed by atoms with Crippen molar-refractivity contribution < 1.29 is 4.79 Å². The molecule has 1 aromatic carbocycles. The molecule has 1 aromatic rings. The van der Waals surface area contributed by atoms with E-state index in [2.05, 4.69) is 22.0 Å². The van der Waals surface area contributed by atoms with Crippen molar-refractivity contribution in [3.05, 3.63) is 42.0 Å². The maximum atomic E-state index is 11.6. The van der Waals surface area contributed by atoms with E-state index in [1.807, 2.05) is 24.3 Å². The number of rotatable bonds is 4. The van der Waals surface area contributed by atoms with Crippen molar-refractivity contribution >= 4 is 11.6 Å². The number of anilines is 1. The van der Waals surface area contributed by atoms with Crippen molar-refractivity contribution in [2.75, 3.05) is 37.6 Å². The lowest BCUT2D eigenvalue weighted by Gasteiger charge is -2.38. The Morgan fingerprint density at radius 2 is 1.87 bits per heavy atom. The monoisotopic (exact) mass is 311 g/mol. The van der Waals surface area contributed by atoms with Gasteiger partial charge in [0.1, 0.15) is 0 Å². The van der Waals surface area contributed by atoms with E-state index in [0.717, 1.165) is 49.6 Å². The summed E-state index contributed by atoms with van der Waals surface area (Å²) in [7, 11) is 0. The van der Waals surface area contributed by atoms with Gasteiger partial charge in [-0.2, -0.15) is 0 Å². The Labute approximate surface area is 137 Å². The average molecular weight is 311 g/mol. The van der Waals surface area contributed by atoms with Crippen LogP contribution in [0.2, 0.25) is 0 Å². The molecule has 4 nitrogen and oxygen atoms in total. The quantitative estimate of drug-likeness (QED) is 0.867. The van der Waals surface area contributed by atoms with Crippen LogP contribution in [0.4, 0.5) is 5.69 Å². The molecular formula is C19H25N3O. The second kappa shape index (κ2) is 6.00. The standard InChI is InChI=1S/C19H25N3O/c20-19(23)17-3-1-2-4-18(17)22-9-7-21(8-10-22)13-16-12-14-5-6-15(16)11-14/h1-6,14-16H,7-13H2,(H2,20,23).